The van der Waals surface area contributed by atoms with Gasteiger partial charge in [0.05, 0.1) is 18.7 Å². The van der Waals surface area contributed by atoms with Crippen LogP contribution in [0.2, 0.25) is 0 Å². The summed E-state index contributed by atoms with van der Waals surface area (Å²) < 4.78 is 0. The zero-order valence-electron chi connectivity index (χ0n) is 11.5. The lowest BCUT2D eigenvalue weighted by atomic mass is 10.1. The Morgan fingerprint density at radius 2 is 1.89 bits per heavy atom. The van der Waals surface area contributed by atoms with Crippen LogP contribution >= 0.6 is 0 Å². The quantitative estimate of drug-likeness (QED) is 0.859. The van der Waals surface area contributed by atoms with Crippen LogP contribution in [-0.2, 0) is 0 Å². The molecule has 0 saturated heterocycles. The molecular weight excluding hydrogens is 228 g/mol. The lowest BCUT2D eigenvalue weighted by Crippen LogP contribution is -2.44. The molecule has 100 valence electrons. The second kappa shape index (κ2) is 6.40. The van der Waals surface area contributed by atoms with Gasteiger partial charge < -0.3 is 15.3 Å². The number of carbonyl (C=O) groups is 1. The molecule has 0 radical (unpaired) electrons. The van der Waals surface area contributed by atoms with Gasteiger partial charge in [-0.2, -0.15) is 0 Å². The second-order valence-corrected chi connectivity index (χ2v) is 4.72. The van der Waals surface area contributed by atoms with Gasteiger partial charge in [-0.25, -0.2) is 4.79 Å². The summed E-state index contributed by atoms with van der Waals surface area (Å²) in [6.07, 6.45) is 0. The van der Waals surface area contributed by atoms with Gasteiger partial charge in [-0.3, -0.25) is 0 Å². The predicted molar refractivity (Wildman–Crippen MR) is 72.4 cm³/mol. The van der Waals surface area contributed by atoms with Gasteiger partial charge in [0.1, 0.15) is 0 Å². The second-order valence-electron chi connectivity index (χ2n) is 4.72. The Morgan fingerprint density at radius 3 is 2.39 bits per heavy atom. The Labute approximate surface area is 109 Å². The van der Waals surface area contributed by atoms with Crippen molar-refractivity contribution in [3.63, 3.8) is 0 Å². The largest absolute Gasteiger partial charge is 0.394 e. The molecule has 2 atom stereocenters. The molecule has 0 heterocycles. The van der Waals surface area contributed by atoms with Gasteiger partial charge in [-0.05, 0) is 26.3 Å². The molecule has 0 spiro atoms. The molecule has 1 aromatic rings. The standard InChI is InChI=1S/C14H22N2O2/c1-10-5-7-13(8-6-10)12(3)15-14(18)16(4)11(2)9-17/h5-8,11-12,17H,9H2,1-4H3,(H,15,18). The van der Waals surface area contributed by atoms with Crippen molar-refractivity contribution < 1.29 is 9.90 Å². The maximum atomic E-state index is 11.9. The first-order valence-corrected chi connectivity index (χ1v) is 6.16. The van der Waals surface area contributed by atoms with Crippen molar-refractivity contribution in [1.82, 2.24) is 10.2 Å². The fourth-order valence-electron chi connectivity index (χ4n) is 1.55. The number of benzene rings is 1. The molecule has 1 aromatic carbocycles. The number of nitrogens with one attached hydrogen (secondary N) is 1. The third kappa shape index (κ3) is 3.74. The first-order valence-electron chi connectivity index (χ1n) is 6.16. The number of aliphatic hydroxyl groups excluding tert-OH is 1. The zero-order chi connectivity index (χ0) is 13.7. The van der Waals surface area contributed by atoms with E-state index in [-0.39, 0.29) is 24.7 Å². The van der Waals surface area contributed by atoms with E-state index in [1.807, 2.05) is 38.1 Å². The number of aryl methyl sites for hydroxylation is 1. The van der Waals surface area contributed by atoms with Gasteiger partial charge in [0.25, 0.3) is 0 Å². The molecule has 2 N–H and O–H groups in total. The SMILES string of the molecule is Cc1ccc(C(C)NC(=O)N(C)C(C)CO)cc1. The molecule has 4 nitrogen and oxygen atoms in total. The van der Waals surface area contributed by atoms with Crippen molar-refractivity contribution in [2.24, 2.45) is 0 Å². The maximum Gasteiger partial charge on any atom is 0.317 e. The average Bonchev–Trinajstić information content (AvgIpc) is 2.37. The van der Waals surface area contributed by atoms with Gasteiger partial charge in [-0.15, -0.1) is 0 Å². The van der Waals surface area contributed by atoms with Crippen molar-refractivity contribution >= 4 is 6.03 Å². The van der Waals surface area contributed by atoms with Crippen LogP contribution in [0.5, 0.6) is 0 Å². The number of nitrogens with zero attached hydrogens (tertiary/aromatic N) is 1. The van der Waals surface area contributed by atoms with Crippen LogP contribution in [0.15, 0.2) is 24.3 Å². The van der Waals surface area contributed by atoms with Crippen molar-refractivity contribution in [2.45, 2.75) is 32.9 Å². The van der Waals surface area contributed by atoms with E-state index < -0.39 is 0 Å². The minimum absolute atomic E-state index is 0.0389. The van der Waals surface area contributed by atoms with Crippen LogP contribution in [0.4, 0.5) is 4.79 Å². The number of amides is 2. The highest BCUT2D eigenvalue weighted by Gasteiger charge is 2.17. The summed E-state index contributed by atoms with van der Waals surface area (Å²) in [5, 5.41) is 11.9. The zero-order valence-corrected chi connectivity index (χ0v) is 11.5. The van der Waals surface area contributed by atoms with Crippen LogP contribution < -0.4 is 5.32 Å². The van der Waals surface area contributed by atoms with E-state index in [1.54, 1.807) is 14.0 Å². The lowest BCUT2D eigenvalue weighted by molar-refractivity contribution is 0.155. The Hall–Kier alpha value is -1.55. The number of hydrogen-bond acceptors (Lipinski definition) is 2. The van der Waals surface area contributed by atoms with Crippen LogP contribution in [-0.4, -0.2) is 35.7 Å². The van der Waals surface area contributed by atoms with E-state index in [0.717, 1.165) is 5.56 Å². The molecule has 4 heteroatoms. The van der Waals surface area contributed by atoms with Crippen molar-refractivity contribution in [3.8, 4) is 0 Å². The van der Waals surface area contributed by atoms with Crippen LogP contribution in [0.1, 0.15) is 31.0 Å². The summed E-state index contributed by atoms with van der Waals surface area (Å²) in [5.41, 5.74) is 2.27. The fraction of sp³-hybridized carbons (Fsp3) is 0.500. The Bertz CT molecular complexity index is 389. The molecule has 0 fully saturated rings. The molecule has 2 amide bonds. The number of aliphatic hydroxyl groups is 1. The average molecular weight is 250 g/mol. The summed E-state index contributed by atoms with van der Waals surface area (Å²) in [4.78, 5) is 13.4. The summed E-state index contributed by atoms with van der Waals surface area (Å²) in [6, 6.07) is 7.66. The number of carbonyl (C=O) groups excluding carboxylic acids is 1. The monoisotopic (exact) mass is 250 g/mol. The predicted octanol–water partition coefficient (Wildman–Crippen LogP) is 2.08. The summed E-state index contributed by atoms with van der Waals surface area (Å²) in [7, 11) is 1.68. The van der Waals surface area contributed by atoms with E-state index in [0.29, 0.717) is 0 Å². The molecule has 0 aliphatic heterocycles. The molecule has 0 bridgehead atoms. The third-order valence-corrected chi connectivity index (χ3v) is 3.16. The Balaban J connectivity index is 2.61. The van der Waals surface area contributed by atoms with Gasteiger partial charge in [0, 0.05) is 7.05 Å². The summed E-state index contributed by atoms with van der Waals surface area (Å²) in [6.45, 7) is 5.74. The molecule has 18 heavy (non-hydrogen) atoms. The van der Waals surface area contributed by atoms with Crippen molar-refractivity contribution in [3.05, 3.63) is 35.4 Å². The minimum Gasteiger partial charge on any atom is -0.394 e. The van der Waals surface area contributed by atoms with Gasteiger partial charge in [0.15, 0.2) is 0 Å². The summed E-state index contributed by atoms with van der Waals surface area (Å²) >= 11 is 0. The van der Waals surface area contributed by atoms with E-state index in [1.165, 1.54) is 10.5 Å². The number of rotatable bonds is 4. The van der Waals surface area contributed by atoms with Crippen LogP contribution in [0.3, 0.4) is 0 Å². The molecular formula is C14H22N2O2. The first-order chi connectivity index (χ1) is 8.45. The number of urea groups is 1. The van der Waals surface area contributed by atoms with Crippen LogP contribution in [0.25, 0.3) is 0 Å². The lowest BCUT2D eigenvalue weighted by Gasteiger charge is -2.25. The van der Waals surface area contributed by atoms with E-state index >= 15 is 0 Å². The smallest absolute Gasteiger partial charge is 0.317 e. The highest BCUT2D eigenvalue weighted by molar-refractivity contribution is 5.74. The van der Waals surface area contributed by atoms with Gasteiger partial charge >= 0.3 is 6.03 Å². The van der Waals surface area contributed by atoms with E-state index in [2.05, 4.69) is 5.32 Å². The van der Waals surface area contributed by atoms with E-state index in [4.69, 9.17) is 5.11 Å². The molecule has 0 saturated carbocycles. The number of likely N-dealkylation sites (N-methyl/N-ethyl adjacent to an activating group) is 1. The van der Waals surface area contributed by atoms with Gasteiger partial charge in [0.2, 0.25) is 0 Å². The normalized spacial score (nSPS) is 13.8. The number of hydrogen-bond donors (Lipinski definition) is 2. The molecule has 1 rings (SSSR count). The fourth-order valence-corrected chi connectivity index (χ4v) is 1.55. The highest BCUT2D eigenvalue weighted by Crippen LogP contribution is 2.13. The Kier molecular flexibility index (Phi) is 5.16. The van der Waals surface area contributed by atoms with Gasteiger partial charge in [-0.1, -0.05) is 29.8 Å². The highest BCUT2D eigenvalue weighted by atomic mass is 16.3. The van der Waals surface area contributed by atoms with Crippen LogP contribution in [0, 0.1) is 6.92 Å². The van der Waals surface area contributed by atoms with E-state index in [9.17, 15) is 4.79 Å². The molecule has 0 aromatic heterocycles. The topological polar surface area (TPSA) is 52.6 Å². The first kappa shape index (κ1) is 14.5. The molecule has 0 aliphatic carbocycles. The Morgan fingerprint density at radius 1 is 1.33 bits per heavy atom. The van der Waals surface area contributed by atoms with Crippen molar-refractivity contribution in [2.75, 3.05) is 13.7 Å². The maximum absolute atomic E-state index is 11.9. The third-order valence-electron chi connectivity index (χ3n) is 3.16. The van der Waals surface area contributed by atoms with Crippen molar-refractivity contribution in [1.29, 1.82) is 0 Å². The summed E-state index contributed by atoms with van der Waals surface area (Å²) in [5.74, 6) is 0. The minimum atomic E-state index is -0.185. The molecule has 2 unspecified atom stereocenters. The molecule has 0 aliphatic rings.